The second kappa shape index (κ2) is 10.9. The zero-order valence-corrected chi connectivity index (χ0v) is 21.8. The van der Waals surface area contributed by atoms with E-state index in [4.69, 9.17) is 14.2 Å². The van der Waals surface area contributed by atoms with Crippen molar-refractivity contribution in [1.82, 2.24) is 0 Å². The maximum absolute atomic E-state index is 12.2. The van der Waals surface area contributed by atoms with E-state index in [1.54, 1.807) is 7.11 Å². The van der Waals surface area contributed by atoms with Gasteiger partial charge in [-0.3, -0.25) is 0 Å². The number of hydrogen-bond donors (Lipinski definition) is 2. The van der Waals surface area contributed by atoms with Gasteiger partial charge in [0.05, 0.1) is 25.4 Å². The summed E-state index contributed by atoms with van der Waals surface area (Å²) in [4.78, 5) is 12.2. The van der Waals surface area contributed by atoms with Gasteiger partial charge in [-0.25, -0.2) is 4.79 Å². The Hall–Kier alpha value is -3.86. The van der Waals surface area contributed by atoms with Gasteiger partial charge in [0.1, 0.15) is 17.4 Å². The van der Waals surface area contributed by atoms with E-state index in [0.29, 0.717) is 44.0 Å². The summed E-state index contributed by atoms with van der Waals surface area (Å²) in [5.41, 5.74) is 6.44. The van der Waals surface area contributed by atoms with Gasteiger partial charge in [0, 0.05) is 31.7 Å². The van der Waals surface area contributed by atoms with Crippen molar-refractivity contribution in [3.63, 3.8) is 0 Å². The Bertz CT molecular complexity index is 1360. The smallest absolute Gasteiger partial charge is 0.329 e. The maximum Gasteiger partial charge on any atom is 0.329 e. The van der Waals surface area contributed by atoms with Crippen LogP contribution in [0.5, 0.6) is 5.75 Å². The number of nitrogens with zero attached hydrogens (tertiary/aromatic N) is 1. The van der Waals surface area contributed by atoms with Crippen LogP contribution in [0.2, 0.25) is 0 Å². The van der Waals surface area contributed by atoms with Gasteiger partial charge in [-0.15, -0.1) is 0 Å². The molecule has 0 spiro atoms. The van der Waals surface area contributed by atoms with Crippen molar-refractivity contribution in [2.45, 2.75) is 50.9 Å². The molecule has 5 rings (SSSR count). The summed E-state index contributed by atoms with van der Waals surface area (Å²) < 4.78 is 17.4. The number of hydrogen-bond acceptors (Lipinski definition) is 6. The van der Waals surface area contributed by atoms with Gasteiger partial charge in [-0.05, 0) is 77.4 Å². The molecule has 0 amide bonds. The van der Waals surface area contributed by atoms with Crippen molar-refractivity contribution < 1.29 is 24.1 Å². The second-order valence-corrected chi connectivity index (χ2v) is 10.1. The number of nitrogens with one attached hydrogen (secondary N) is 1. The fraction of sp³-hybridized carbons (Fsp3) is 0.355. The zero-order valence-electron chi connectivity index (χ0n) is 21.8. The van der Waals surface area contributed by atoms with Crippen LogP contribution in [0.4, 0.5) is 5.69 Å². The number of carboxylic acids is 1. The quantitative estimate of drug-likeness (QED) is 0.424. The molecule has 0 atom stereocenters. The summed E-state index contributed by atoms with van der Waals surface area (Å²) in [6.07, 6.45) is 2.60. The highest BCUT2D eigenvalue weighted by Crippen LogP contribution is 2.35. The Balaban J connectivity index is 1.48. The molecule has 38 heavy (non-hydrogen) atoms. The summed E-state index contributed by atoms with van der Waals surface area (Å²) in [5, 5.41) is 22.9. The van der Waals surface area contributed by atoms with Crippen molar-refractivity contribution in [3.05, 3.63) is 82.4 Å². The number of rotatable bonds is 8. The fourth-order valence-electron chi connectivity index (χ4n) is 5.52. The predicted octanol–water partition coefficient (Wildman–Crippen LogP) is 5.27. The van der Waals surface area contributed by atoms with E-state index < -0.39 is 11.5 Å². The number of carbonyl (C=O) groups is 1. The summed E-state index contributed by atoms with van der Waals surface area (Å²) in [5.74, 6) is -0.353. The molecule has 7 heteroatoms. The first-order valence-electron chi connectivity index (χ1n) is 12.9. The Morgan fingerprint density at radius 3 is 2.47 bits per heavy atom. The summed E-state index contributed by atoms with van der Waals surface area (Å²) in [6, 6.07) is 20.4. The number of carboxylic acid groups (broad SMARTS) is 1. The van der Waals surface area contributed by atoms with Crippen molar-refractivity contribution in [2.24, 2.45) is 0 Å². The van der Waals surface area contributed by atoms with Crippen molar-refractivity contribution >= 4 is 11.7 Å². The normalized spacial score (nSPS) is 16.4. The van der Waals surface area contributed by atoms with Crippen LogP contribution in [0.15, 0.2) is 54.6 Å². The number of benzene rings is 3. The van der Waals surface area contributed by atoms with Crippen LogP contribution < -0.4 is 10.1 Å². The number of aryl methyl sites for hydroxylation is 1. The Kier molecular flexibility index (Phi) is 7.37. The molecule has 0 aromatic heterocycles. The lowest BCUT2D eigenvalue weighted by atomic mass is 9.89. The van der Waals surface area contributed by atoms with E-state index in [9.17, 15) is 15.2 Å². The van der Waals surface area contributed by atoms with Crippen LogP contribution in [-0.4, -0.2) is 43.0 Å². The van der Waals surface area contributed by atoms with Crippen LogP contribution in [0.25, 0.3) is 11.1 Å². The van der Waals surface area contributed by atoms with Gasteiger partial charge >= 0.3 is 5.97 Å². The molecule has 1 aliphatic carbocycles. The van der Waals surface area contributed by atoms with Crippen LogP contribution in [0.1, 0.15) is 40.7 Å². The van der Waals surface area contributed by atoms with Crippen molar-refractivity contribution in [3.8, 4) is 22.9 Å². The molecule has 0 unspecified atom stereocenters. The van der Waals surface area contributed by atoms with E-state index in [-0.39, 0.29) is 6.10 Å². The molecule has 1 heterocycles. The predicted molar refractivity (Wildman–Crippen MR) is 144 cm³/mol. The van der Waals surface area contributed by atoms with E-state index >= 15 is 0 Å². The number of fused-ring (bicyclic) bond motifs is 1. The minimum absolute atomic E-state index is 0.0787. The third-order valence-electron chi connectivity index (χ3n) is 7.67. The van der Waals surface area contributed by atoms with Crippen LogP contribution >= 0.6 is 0 Å². The largest absolute Gasteiger partial charge is 0.495 e. The first-order chi connectivity index (χ1) is 18.4. The monoisotopic (exact) mass is 512 g/mol. The topological polar surface area (TPSA) is 101 Å². The van der Waals surface area contributed by atoms with E-state index in [2.05, 4.69) is 35.7 Å². The maximum atomic E-state index is 12.2. The van der Waals surface area contributed by atoms with Crippen LogP contribution in [-0.2, 0) is 33.7 Å². The van der Waals surface area contributed by atoms with Gasteiger partial charge in [0.15, 0.2) is 0 Å². The number of nitriles is 1. The van der Waals surface area contributed by atoms with Crippen molar-refractivity contribution in [1.29, 1.82) is 5.26 Å². The first-order valence-corrected chi connectivity index (χ1v) is 12.9. The highest BCUT2D eigenvalue weighted by molar-refractivity contribution is 5.83. The van der Waals surface area contributed by atoms with Gasteiger partial charge in [-0.2, -0.15) is 5.26 Å². The Morgan fingerprint density at radius 2 is 1.84 bits per heavy atom. The molecule has 1 saturated heterocycles. The average molecular weight is 513 g/mol. The lowest BCUT2D eigenvalue weighted by Crippen LogP contribution is -2.50. The summed E-state index contributed by atoms with van der Waals surface area (Å²) in [7, 11) is 1.56. The lowest BCUT2D eigenvalue weighted by Gasteiger charge is -2.35. The second-order valence-electron chi connectivity index (χ2n) is 10.1. The fourth-order valence-corrected chi connectivity index (χ4v) is 5.52. The minimum atomic E-state index is -1.07. The van der Waals surface area contributed by atoms with Gasteiger partial charge < -0.3 is 24.6 Å². The molecule has 0 bridgehead atoms. The SMILES string of the molecule is COc1cc(-c2ccc(NC3(C(=O)O)CCOCC3)cc2COC2Cc3ccccc3C2)cc(C)c1C#N. The lowest BCUT2D eigenvalue weighted by molar-refractivity contribution is -0.145. The first kappa shape index (κ1) is 25.8. The third kappa shape index (κ3) is 5.10. The summed E-state index contributed by atoms with van der Waals surface area (Å²) in [6.45, 7) is 3.07. The van der Waals surface area contributed by atoms with E-state index in [1.807, 2.05) is 37.3 Å². The molecule has 7 nitrogen and oxygen atoms in total. The molecule has 1 fully saturated rings. The molecule has 0 saturated carbocycles. The number of ether oxygens (including phenoxy) is 3. The molecular weight excluding hydrogens is 480 g/mol. The highest BCUT2D eigenvalue weighted by atomic mass is 16.5. The zero-order chi connectivity index (χ0) is 26.7. The number of methoxy groups -OCH3 is 1. The van der Waals surface area contributed by atoms with E-state index in [1.165, 1.54) is 11.1 Å². The summed E-state index contributed by atoms with van der Waals surface area (Å²) >= 11 is 0. The molecule has 3 aromatic carbocycles. The van der Waals surface area contributed by atoms with E-state index in [0.717, 1.165) is 40.8 Å². The molecule has 3 aromatic rings. The van der Waals surface area contributed by atoms with Gasteiger partial charge in [0.2, 0.25) is 0 Å². The van der Waals surface area contributed by atoms with Crippen molar-refractivity contribution in [2.75, 3.05) is 25.6 Å². The van der Waals surface area contributed by atoms with Gasteiger partial charge in [0.25, 0.3) is 0 Å². The minimum Gasteiger partial charge on any atom is -0.495 e. The van der Waals surface area contributed by atoms with Crippen LogP contribution in [0.3, 0.4) is 0 Å². The standard InChI is InChI=1S/C31H32N2O5/c1-20-13-23(17-29(36-2)28(20)18-32)27-8-7-25(33-31(30(34)35)9-11-37-12-10-31)14-24(27)19-38-26-15-21-5-3-4-6-22(21)16-26/h3-8,13-14,17,26,33H,9-12,15-16,19H2,1-2H3,(H,34,35). The molecule has 2 N–H and O–H groups in total. The highest BCUT2D eigenvalue weighted by Gasteiger charge is 2.40. The molecule has 0 radical (unpaired) electrons. The average Bonchev–Trinajstić information content (AvgIpc) is 3.35. The number of aliphatic carboxylic acids is 1. The number of anilines is 1. The van der Waals surface area contributed by atoms with Gasteiger partial charge in [-0.1, -0.05) is 30.3 Å². The Morgan fingerprint density at radius 1 is 1.13 bits per heavy atom. The third-order valence-corrected chi connectivity index (χ3v) is 7.67. The molecule has 2 aliphatic rings. The molecule has 1 aliphatic heterocycles. The molecular formula is C31H32N2O5. The van der Waals surface area contributed by atoms with Crippen LogP contribution in [0, 0.1) is 18.3 Å². The Labute approximate surface area is 223 Å². The molecule has 196 valence electrons.